The molecule has 2 heterocycles. The third kappa shape index (κ3) is 5.60. The molecule has 3 rings (SSSR count). The van der Waals surface area contributed by atoms with Crippen LogP contribution in [0.2, 0.25) is 0 Å². The number of hydrogen-bond donors (Lipinski definition) is 3. The Kier molecular flexibility index (Phi) is 6.42. The first-order valence-electron chi connectivity index (χ1n) is 9.86. The topological polar surface area (TPSA) is 127 Å². The van der Waals surface area contributed by atoms with Crippen LogP contribution in [0.4, 0.5) is 16.6 Å². The highest BCUT2D eigenvalue weighted by molar-refractivity contribution is 5.97. The Labute approximate surface area is 185 Å². The van der Waals surface area contributed by atoms with Gasteiger partial charge in [0.05, 0.1) is 14.2 Å². The lowest BCUT2D eigenvalue weighted by molar-refractivity contribution is -0.114. The zero-order valence-electron chi connectivity index (χ0n) is 18.9. The van der Waals surface area contributed by atoms with Crippen LogP contribution in [0.15, 0.2) is 30.5 Å². The highest BCUT2D eigenvalue weighted by Gasteiger charge is 2.18. The van der Waals surface area contributed by atoms with Crippen molar-refractivity contribution in [2.24, 2.45) is 0 Å². The summed E-state index contributed by atoms with van der Waals surface area (Å²) in [5.74, 6) is 1.27. The van der Waals surface area contributed by atoms with E-state index in [4.69, 9.17) is 9.47 Å². The number of anilines is 2. The number of urea groups is 1. The highest BCUT2D eigenvalue weighted by atomic mass is 16.5. The smallest absolute Gasteiger partial charge is 0.320 e. The van der Waals surface area contributed by atoms with Crippen molar-refractivity contribution in [1.82, 2.24) is 20.3 Å². The normalized spacial score (nSPS) is 11.1. The summed E-state index contributed by atoms with van der Waals surface area (Å²) in [4.78, 5) is 36.9. The fourth-order valence-electron chi connectivity index (χ4n) is 2.94. The van der Waals surface area contributed by atoms with E-state index in [2.05, 4.69) is 30.9 Å². The molecular weight excluding hydrogens is 412 g/mol. The van der Waals surface area contributed by atoms with Gasteiger partial charge in [0.2, 0.25) is 11.9 Å². The summed E-state index contributed by atoms with van der Waals surface area (Å²) in [7, 11) is 3.12. The van der Waals surface area contributed by atoms with Gasteiger partial charge in [-0.2, -0.15) is 4.98 Å². The lowest BCUT2D eigenvalue weighted by Gasteiger charge is -2.21. The molecule has 2 aromatic heterocycles. The number of carbonyl (C=O) groups is 2. The van der Waals surface area contributed by atoms with Crippen molar-refractivity contribution in [1.29, 1.82) is 0 Å². The molecule has 0 aliphatic heterocycles. The fraction of sp³-hybridized carbons (Fsp3) is 0.318. The summed E-state index contributed by atoms with van der Waals surface area (Å²) in [5, 5.41) is 8.80. The Morgan fingerprint density at radius 1 is 0.938 bits per heavy atom. The molecular formula is C22H26N6O4. The van der Waals surface area contributed by atoms with Crippen molar-refractivity contribution in [3.05, 3.63) is 30.5 Å². The SMILES string of the molecule is COc1cc(OC)cc(-c2cc3cnc(NC(C)=O)nc3nc2NC(=O)NC(C)(C)C)c1. The van der Waals surface area contributed by atoms with Crippen LogP contribution in [-0.2, 0) is 4.79 Å². The van der Waals surface area contributed by atoms with Gasteiger partial charge in [-0.1, -0.05) is 0 Å². The molecule has 1 aromatic carbocycles. The number of amides is 3. The largest absolute Gasteiger partial charge is 0.497 e. The first-order valence-corrected chi connectivity index (χ1v) is 9.86. The van der Waals surface area contributed by atoms with Gasteiger partial charge in [-0.3, -0.25) is 15.4 Å². The number of nitrogens with zero attached hydrogens (tertiary/aromatic N) is 3. The molecule has 0 aliphatic rings. The minimum absolute atomic E-state index is 0.124. The molecule has 10 heteroatoms. The molecule has 168 valence electrons. The van der Waals surface area contributed by atoms with Crippen LogP contribution in [0.5, 0.6) is 11.5 Å². The maximum Gasteiger partial charge on any atom is 0.320 e. The maximum absolute atomic E-state index is 12.6. The van der Waals surface area contributed by atoms with Crippen LogP contribution in [0, 0.1) is 0 Å². The van der Waals surface area contributed by atoms with Crippen LogP contribution in [0.1, 0.15) is 27.7 Å². The molecule has 3 N–H and O–H groups in total. The van der Waals surface area contributed by atoms with Crippen LogP contribution in [-0.4, -0.2) is 46.6 Å². The molecule has 10 nitrogen and oxygen atoms in total. The Morgan fingerprint density at radius 3 is 2.16 bits per heavy atom. The average Bonchev–Trinajstić information content (AvgIpc) is 2.70. The monoisotopic (exact) mass is 438 g/mol. The number of aromatic nitrogens is 3. The molecule has 0 aliphatic carbocycles. The van der Waals surface area contributed by atoms with E-state index >= 15 is 0 Å². The molecule has 0 radical (unpaired) electrons. The Morgan fingerprint density at radius 2 is 1.59 bits per heavy atom. The van der Waals surface area contributed by atoms with Gasteiger partial charge >= 0.3 is 6.03 Å². The van der Waals surface area contributed by atoms with Gasteiger partial charge in [0.1, 0.15) is 17.3 Å². The number of rotatable bonds is 5. The van der Waals surface area contributed by atoms with E-state index in [1.54, 1.807) is 32.5 Å². The number of ether oxygens (including phenoxy) is 2. The number of hydrogen-bond acceptors (Lipinski definition) is 7. The van der Waals surface area contributed by atoms with Crippen LogP contribution < -0.4 is 25.4 Å². The molecule has 0 saturated carbocycles. The molecule has 0 saturated heterocycles. The molecule has 0 spiro atoms. The summed E-state index contributed by atoms with van der Waals surface area (Å²) in [5.41, 5.74) is 1.21. The minimum atomic E-state index is -0.443. The first kappa shape index (κ1) is 22.7. The molecule has 0 atom stereocenters. The minimum Gasteiger partial charge on any atom is -0.497 e. The number of nitrogens with one attached hydrogen (secondary N) is 3. The molecule has 0 bridgehead atoms. The predicted molar refractivity (Wildman–Crippen MR) is 122 cm³/mol. The third-order valence-electron chi connectivity index (χ3n) is 4.24. The number of pyridine rings is 1. The number of benzene rings is 1. The standard InChI is InChI=1S/C22H26N6O4/c1-12(29)24-20-23-11-14-9-17(13-7-15(31-5)10-16(8-13)32-6)19(25-18(14)26-20)27-21(30)28-22(2,3)4/h7-11H,1-6H3,(H3,23,24,25,26,27,28,29,30). The van der Waals surface area contributed by atoms with E-state index in [9.17, 15) is 9.59 Å². The second-order valence-electron chi connectivity index (χ2n) is 8.10. The molecule has 3 aromatic rings. The van der Waals surface area contributed by atoms with Crippen molar-refractivity contribution < 1.29 is 19.1 Å². The van der Waals surface area contributed by atoms with Gasteiger partial charge in [0, 0.05) is 35.7 Å². The fourth-order valence-corrected chi connectivity index (χ4v) is 2.94. The van der Waals surface area contributed by atoms with E-state index in [1.807, 2.05) is 32.9 Å². The molecule has 32 heavy (non-hydrogen) atoms. The molecule has 0 unspecified atom stereocenters. The van der Waals surface area contributed by atoms with Crippen molar-refractivity contribution in [2.45, 2.75) is 33.2 Å². The Bertz CT molecular complexity index is 1150. The second-order valence-corrected chi connectivity index (χ2v) is 8.10. The number of methoxy groups -OCH3 is 2. The van der Waals surface area contributed by atoms with Gasteiger partial charge in [-0.05, 0) is 44.5 Å². The van der Waals surface area contributed by atoms with Crippen molar-refractivity contribution in [2.75, 3.05) is 24.9 Å². The van der Waals surface area contributed by atoms with Gasteiger partial charge < -0.3 is 14.8 Å². The van der Waals surface area contributed by atoms with E-state index in [0.29, 0.717) is 33.7 Å². The zero-order chi connectivity index (χ0) is 23.5. The number of fused-ring (bicyclic) bond motifs is 1. The van der Waals surface area contributed by atoms with Gasteiger partial charge in [0.25, 0.3) is 0 Å². The summed E-state index contributed by atoms with van der Waals surface area (Å²) in [6.07, 6.45) is 1.56. The maximum atomic E-state index is 12.6. The lowest BCUT2D eigenvalue weighted by Crippen LogP contribution is -2.43. The highest BCUT2D eigenvalue weighted by Crippen LogP contribution is 2.35. The van der Waals surface area contributed by atoms with E-state index in [1.165, 1.54) is 6.92 Å². The lowest BCUT2D eigenvalue weighted by atomic mass is 10.0. The first-order chi connectivity index (χ1) is 15.1. The van der Waals surface area contributed by atoms with Crippen LogP contribution in [0.3, 0.4) is 0 Å². The Hall–Kier alpha value is -3.95. The van der Waals surface area contributed by atoms with Gasteiger partial charge in [-0.25, -0.2) is 14.8 Å². The summed E-state index contributed by atoms with van der Waals surface area (Å²) < 4.78 is 10.8. The van der Waals surface area contributed by atoms with E-state index < -0.39 is 11.6 Å². The predicted octanol–water partition coefficient (Wildman–Crippen LogP) is 3.59. The summed E-state index contributed by atoms with van der Waals surface area (Å²) in [6.45, 7) is 6.99. The van der Waals surface area contributed by atoms with E-state index in [-0.39, 0.29) is 17.7 Å². The van der Waals surface area contributed by atoms with Crippen LogP contribution in [0.25, 0.3) is 22.2 Å². The quantitative estimate of drug-likeness (QED) is 0.555. The van der Waals surface area contributed by atoms with Gasteiger partial charge in [0.15, 0.2) is 5.65 Å². The second kappa shape index (κ2) is 9.04. The Balaban J connectivity index is 2.16. The van der Waals surface area contributed by atoms with Crippen molar-refractivity contribution in [3.8, 4) is 22.6 Å². The van der Waals surface area contributed by atoms with Gasteiger partial charge in [-0.15, -0.1) is 0 Å². The number of carbonyl (C=O) groups excluding carboxylic acids is 2. The molecule has 3 amide bonds. The van der Waals surface area contributed by atoms with Crippen molar-refractivity contribution >= 4 is 34.7 Å². The summed E-state index contributed by atoms with van der Waals surface area (Å²) in [6, 6.07) is 6.76. The van der Waals surface area contributed by atoms with Crippen LogP contribution >= 0.6 is 0 Å². The third-order valence-corrected chi connectivity index (χ3v) is 4.24. The molecule has 0 fully saturated rings. The van der Waals surface area contributed by atoms with E-state index in [0.717, 1.165) is 0 Å². The van der Waals surface area contributed by atoms with Crippen molar-refractivity contribution in [3.63, 3.8) is 0 Å². The zero-order valence-corrected chi connectivity index (χ0v) is 18.9. The average molecular weight is 438 g/mol. The summed E-state index contributed by atoms with van der Waals surface area (Å²) >= 11 is 0.